The van der Waals surface area contributed by atoms with Crippen LogP contribution in [0.25, 0.3) is 0 Å². The van der Waals surface area contributed by atoms with E-state index in [9.17, 15) is 31.9 Å². The fraction of sp³-hybridized carbons (Fsp3) is 0.441. The van der Waals surface area contributed by atoms with Crippen molar-refractivity contribution < 1.29 is 46.4 Å². The number of carbonyl (C=O) groups excluding carboxylic acids is 3. The summed E-state index contributed by atoms with van der Waals surface area (Å²) in [5.74, 6) is -2.79. The Kier molecular flexibility index (Phi) is 12.3. The SMILES string of the molecule is CC(C)(C)CC(=O)c1cccc(CN2CCN(C(=O)c3ccc(NC(=O)Nc4cc(C(C)(C)C)on4)c(F)c3)CC2)c1.O=C(O)C(F)(F)F. The minimum Gasteiger partial charge on any atom is -0.475 e. The molecule has 1 saturated heterocycles. The first-order chi connectivity index (χ1) is 22.6. The summed E-state index contributed by atoms with van der Waals surface area (Å²) >= 11 is 0. The van der Waals surface area contributed by atoms with Gasteiger partial charge in [-0.05, 0) is 35.2 Å². The lowest BCUT2D eigenvalue weighted by Gasteiger charge is -2.35. The van der Waals surface area contributed by atoms with Crippen molar-refractivity contribution in [3.05, 3.63) is 76.8 Å². The van der Waals surface area contributed by atoms with Gasteiger partial charge in [0.25, 0.3) is 5.91 Å². The molecule has 0 radical (unpaired) electrons. The molecule has 0 atom stereocenters. The van der Waals surface area contributed by atoms with Gasteiger partial charge in [-0.15, -0.1) is 0 Å². The second kappa shape index (κ2) is 15.6. The van der Waals surface area contributed by atoms with Crippen molar-refractivity contribution in [3.8, 4) is 0 Å². The number of nitrogens with zero attached hydrogens (tertiary/aromatic N) is 3. The summed E-state index contributed by atoms with van der Waals surface area (Å²) in [5, 5.41) is 15.9. The van der Waals surface area contributed by atoms with Gasteiger partial charge >= 0.3 is 18.2 Å². The number of hydrogen-bond donors (Lipinski definition) is 3. The molecule has 1 fully saturated rings. The summed E-state index contributed by atoms with van der Waals surface area (Å²) in [5.41, 5.74) is 1.59. The summed E-state index contributed by atoms with van der Waals surface area (Å²) < 4.78 is 51.8. The van der Waals surface area contributed by atoms with Crippen molar-refractivity contribution in [1.29, 1.82) is 0 Å². The highest BCUT2D eigenvalue weighted by Gasteiger charge is 2.38. The largest absolute Gasteiger partial charge is 0.490 e. The van der Waals surface area contributed by atoms with Gasteiger partial charge in [0.15, 0.2) is 11.6 Å². The Balaban J connectivity index is 0.000000838. The van der Waals surface area contributed by atoms with Gasteiger partial charge in [-0.25, -0.2) is 14.0 Å². The van der Waals surface area contributed by atoms with E-state index in [4.69, 9.17) is 14.4 Å². The molecule has 0 bridgehead atoms. The molecule has 266 valence electrons. The maximum atomic E-state index is 14.8. The lowest BCUT2D eigenvalue weighted by Crippen LogP contribution is -2.48. The molecule has 1 aliphatic rings. The van der Waals surface area contributed by atoms with E-state index < -0.39 is 24.0 Å². The number of hydrogen-bond acceptors (Lipinski definition) is 7. The molecule has 4 rings (SSSR count). The number of Topliss-reactive ketones (excluding diaryl/α,β-unsaturated/α-hetero) is 1. The van der Waals surface area contributed by atoms with Crippen LogP contribution in [0.3, 0.4) is 0 Å². The molecule has 0 unspecified atom stereocenters. The number of alkyl halides is 3. The van der Waals surface area contributed by atoms with E-state index in [-0.39, 0.29) is 39.6 Å². The number of piperazine rings is 1. The Hall–Kier alpha value is -4.79. The Morgan fingerprint density at radius 1 is 0.878 bits per heavy atom. The molecular weight excluding hydrogens is 650 g/mol. The first kappa shape index (κ1) is 38.7. The van der Waals surface area contributed by atoms with Crippen LogP contribution in [0, 0.1) is 11.2 Å². The standard InChI is InChI=1S/C32H40FN5O4.C2HF3O2/c1-31(2,3)19-26(39)22-9-7-8-21(16-22)20-37-12-14-38(15-13-37)29(40)23-10-11-25(24(33)17-23)34-30(41)35-28-18-27(42-36-28)32(4,5)6;3-2(4,5)1(6)7/h7-11,16-18H,12-15,19-20H2,1-6H3,(H2,34,35,36,41);(H,6,7). The number of carboxylic acid groups (broad SMARTS) is 1. The fourth-order valence-corrected chi connectivity index (χ4v) is 4.68. The van der Waals surface area contributed by atoms with E-state index in [0.717, 1.165) is 17.2 Å². The van der Waals surface area contributed by atoms with Crippen molar-refractivity contribution in [2.75, 3.05) is 36.8 Å². The third-order valence-electron chi connectivity index (χ3n) is 7.20. The van der Waals surface area contributed by atoms with Crippen LogP contribution < -0.4 is 10.6 Å². The Morgan fingerprint density at radius 2 is 1.51 bits per heavy atom. The van der Waals surface area contributed by atoms with Gasteiger partial charge in [0, 0.05) is 61.8 Å². The third-order valence-corrected chi connectivity index (χ3v) is 7.20. The van der Waals surface area contributed by atoms with Gasteiger partial charge < -0.3 is 19.8 Å². The quantitative estimate of drug-likeness (QED) is 0.178. The van der Waals surface area contributed by atoms with E-state index in [2.05, 4.69) is 41.5 Å². The van der Waals surface area contributed by atoms with Crippen LogP contribution >= 0.6 is 0 Å². The lowest BCUT2D eigenvalue weighted by atomic mass is 9.87. The predicted molar refractivity (Wildman–Crippen MR) is 174 cm³/mol. The van der Waals surface area contributed by atoms with Crippen LogP contribution in [-0.2, 0) is 16.8 Å². The fourth-order valence-electron chi connectivity index (χ4n) is 4.68. The van der Waals surface area contributed by atoms with Crippen LogP contribution in [0.15, 0.2) is 53.1 Å². The average Bonchev–Trinajstić information content (AvgIpc) is 3.46. The number of carbonyl (C=O) groups is 4. The van der Waals surface area contributed by atoms with Gasteiger partial charge in [-0.3, -0.25) is 19.8 Å². The number of halogens is 4. The molecule has 11 nitrogen and oxygen atoms in total. The average molecular weight is 692 g/mol. The first-order valence-electron chi connectivity index (χ1n) is 15.4. The molecule has 1 aliphatic heterocycles. The maximum Gasteiger partial charge on any atom is 0.490 e. The van der Waals surface area contributed by atoms with E-state index >= 15 is 0 Å². The first-order valence-corrected chi connectivity index (χ1v) is 15.4. The molecule has 2 heterocycles. The summed E-state index contributed by atoms with van der Waals surface area (Å²) in [6.07, 6.45) is -4.59. The van der Waals surface area contributed by atoms with Crippen molar-refractivity contribution in [2.45, 2.75) is 66.1 Å². The second-order valence-electron chi connectivity index (χ2n) is 13.8. The molecule has 15 heteroatoms. The van der Waals surface area contributed by atoms with Gasteiger partial charge in [0.05, 0.1) is 5.69 Å². The number of urea groups is 1. The summed E-state index contributed by atoms with van der Waals surface area (Å²) in [6, 6.07) is 12.7. The zero-order valence-corrected chi connectivity index (χ0v) is 28.2. The highest BCUT2D eigenvalue weighted by molar-refractivity contribution is 6.00. The van der Waals surface area contributed by atoms with Crippen molar-refractivity contribution in [2.24, 2.45) is 5.41 Å². The van der Waals surface area contributed by atoms with Crippen LogP contribution in [-0.4, -0.2) is 76.1 Å². The Bertz CT molecular complexity index is 1650. The van der Waals surface area contributed by atoms with E-state index in [1.807, 2.05) is 45.0 Å². The molecule has 0 spiro atoms. The van der Waals surface area contributed by atoms with Crippen molar-refractivity contribution in [1.82, 2.24) is 15.0 Å². The van der Waals surface area contributed by atoms with Crippen LogP contribution in [0.4, 0.5) is 33.9 Å². The zero-order chi connectivity index (χ0) is 36.7. The van der Waals surface area contributed by atoms with E-state index in [0.29, 0.717) is 44.9 Å². The van der Waals surface area contributed by atoms with Gasteiger partial charge in [0.1, 0.15) is 11.6 Å². The van der Waals surface area contributed by atoms with Gasteiger partial charge in [-0.2, -0.15) is 13.2 Å². The third kappa shape index (κ3) is 12.0. The number of aromatic nitrogens is 1. The topological polar surface area (TPSA) is 145 Å². The second-order valence-corrected chi connectivity index (χ2v) is 13.8. The number of aliphatic carboxylic acids is 1. The highest BCUT2D eigenvalue weighted by Crippen LogP contribution is 2.25. The van der Waals surface area contributed by atoms with Crippen LogP contribution in [0.1, 0.15) is 80.0 Å². The number of nitrogens with one attached hydrogen (secondary N) is 2. The Morgan fingerprint density at radius 3 is 2.04 bits per heavy atom. The van der Waals surface area contributed by atoms with E-state index in [1.54, 1.807) is 11.0 Å². The van der Waals surface area contributed by atoms with Crippen LogP contribution in [0.2, 0.25) is 0 Å². The zero-order valence-electron chi connectivity index (χ0n) is 28.2. The van der Waals surface area contributed by atoms with E-state index in [1.165, 1.54) is 12.1 Å². The maximum absolute atomic E-state index is 14.8. The number of anilines is 2. The van der Waals surface area contributed by atoms with Crippen LogP contribution in [0.5, 0.6) is 0 Å². The highest BCUT2D eigenvalue weighted by atomic mass is 19.4. The molecule has 3 amide bonds. The van der Waals surface area contributed by atoms with Crippen molar-refractivity contribution in [3.63, 3.8) is 0 Å². The summed E-state index contributed by atoms with van der Waals surface area (Å²) in [6.45, 7) is 15.0. The number of rotatable bonds is 7. The molecule has 0 aliphatic carbocycles. The molecule has 3 aromatic rings. The van der Waals surface area contributed by atoms with Gasteiger partial charge in [-0.1, -0.05) is 64.9 Å². The van der Waals surface area contributed by atoms with Gasteiger partial charge in [0.2, 0.25) is 0 Å². The molecule has 1 aromatic heterocycles. The molecule has 3 N–H and O–H groups in total. The minimum absolute atomic E-state index is 0.0587. The lowest BCUT2D eigenvalue weighted by molar-refractivity contribution is -0.192. The number of benzene rings is 2. The molecule has 2 aromatic carbocycles. The summed E-state index contributed by atoms with van der Waals surface area (Å²) in [7, 11) is 0. The number of ketones is 1. The monoisotopic (exact) mass is 691 g/mol. The number of carboxylic acids is 1. The smallest absolute Gasteiger partial charge is 0.475 e. The molecular formula is C34H41F4N5O6. The molecule has 0 saturated carbocycles. The molecule has 49 heavy (non-hydrogen) atoms. The predicted octanol–water partition coefficient (Wildman–Crippen LogP) is 6.97. The summed E-state index contributed by atoms with van der Waals surface area (Å²) in [4.78, 5) is 50.9. The number of amides is 3. The Labute approximate surface area is 281 Å². The normalized spacial score (nSPS) is 14.0. The van der Waals surface area contributed by atoms with Crippen molar-refractivity contribution >= 4 is 35.2 Å². The minimum atomic E-state index is -5.08.